The largest absolute Gasteiger partial charge is 0.326 e. The molecule has 0 unspecified atom stereocenters. The van der Waals surface area contributed by atoms with Crippen molar-refractivity contribution in [1.29, 1.82) is 0 Å². The fraction of sp³-hybridized carbons (Fsp3) is 0.273. The molecule has 84 valence electrons. The van der Waals surface area contributed by atoms with Gasteiger partial charge >= 0.3 is 0 Å². The predicted octanol–water partition coefficient (Wildman–Crippen LogP) is 1.48. The maximum Gasteiger partial charge on any atom is 0.158 e. The van der Waals surface area contributed by atoms with Gasteiger partial charge in [0.05, 0.1) is 11.9 Å². The average Bonchev–Trinajstić information content (AvgIpc) is 2.57. The van der Waals surface area contributed by atoms with E-state index in [0.29, 0.717) is 11.4 Å². The van der Waals surface area contributed by atoms with Crippen molar-refractivity contribution in [3.8, 4) is 5.82 Å². The Kier molecular flexibility index (Phi) is 2.70. The summed E-state index contributed by atoms with van der Waals surface area (Å²) < 4.78 is 14.7. The van der Waals surface area contributed by atoms with Gasteiger partial charge in [-0.3, -0.25) is 0 Å². The van der Waals surface area contributed by atoms with Crippen LogP contribution >= 0.6 is 0 Å². The third-order valence-electron chi connectivity index (χ3n) is 2.34. The molecule has 2 aromatic heterocycles. The van der Waals surface area contributed by atoms with Gasteiger partial charge in [0.2, 0.25) is 0 Å². The highest BCUT2D eigenvalue weighted by Gasteiger charge is 2.10. The minimum atomic E-state index is -0.384. The standard InChI is InChI=1S/C11H13FN4/c1-7-3-8(2)16(15-7)11-9(5-13)4-10(12)6-14-11/h3-4,6H,5,13H2,1-2H3. The van der Waals surface area contributed by atoms with Gasteiger partial charge in [0, 0.05) is 17.8 Å². The summed E-state index contributed by atoms with van der Waals surface area (Å²) in [5.41, 5.74) is 8.06. The summed E-state index contributed by atoms with van der Waals surface area (Å²) in [4.78, 5) is 4.04. The molecular weight excluding hydrogens is 207 g/mol. The van der Waals surface area contributed by atoms with E-state index >= 15 is 0 Å². The first-order valence-electron chi connectivity index (χ1n) is 5.00. The molecule has 2 N–H and O–H groups in total. The molecule has 2 heterocycles. The summed E-state index contributed by atoms with van der Waals surface area (Å²) in [6.45, 7) is 4.05. The highest BCUT2D eigenvalue weighted by atomic mass is 19.1. The van der Waals surface area contributed by atoms with Crippen molar-refractivity contribution >= 4 is 0 Å². The van der Waals surface area contributed by atoms with E-state index in [4.69, 9.17) is 5.73 Å². The van der Waals surface area contributed by atoms with E-state index in [1.807, 2.05) is 19.9 Å². The normalized spacial score (nSPS) is 10.8. The third kappa shape index (κ3) is 1.81. The Hall–Kier alpha value is -1.75. The summed E-state index contributed by atoms with van der Waals surface area (Å²) in [6, 6.07) is 3.32. The van der Waals surface area contributed by atoms with Crippen LogP contribution in [0.5, 0.6) is 0 Å². The van der Waals surface area contributed by atoms with Gasteiger partial charge in [-0.25, -0.2) is 14.1 Å². The Labute approximate surface area is 92.9 Å². The number of hydrogen-bond donors (Lipinski definition) is 1. The molecule has 0 fully saturated rings. The van der Waals surface area contributed by atoms with Crippen LogP contribution in [0, 0.1) is 19.7 Å². The molecule has 5 heteroatoms. The van der Waals surface area contributed by atoms with Crippen LogP contribution in [-0.4, -0.2) is 14.8 Å². The number of halogens is 1. The second kappa shape index (κ2) is 4.02. The number of aromatic nitrogens is 3. The van der Waals surface area contributed by atoms with Crippen molar-refractivity contribution in [2.24, 2.45) is 5.73 Å². The molecular formula is C11H13FN4. The molecule has 2 rings (SSSR count). The van der Waals surface area contributed by atoms with E-state index in [1.54, 1.807) is 4.68 Å². The van der Waals surface area contributed by atoms with Crippen LogP contribution < -0.4 is 5.73 Å². The molecule has 16 heavy (non-hydrogen) atoms. The van der Waals surface area contributed by atoms with Crippen LogP contribution in [0.2, 0.25) is 0 Å². The van der Waals surface area contributed by atoms with Gasteiger partial charge in [-0.15, -0.1) is 0 Å². The Morgan fingerprint density at radius 3 is 2.69 bits per heavy atom. The summed E-state index contributed by atoms with van der Waals surface area (Å²) in [5.74, 6) is 0.209. The quantitative estimate of drug-likeness (QED) is 0.834. The molecule has 0 saturated heterocycles. The van der Waals surface area contributed by atoms with E-state index in [0.717, 1.165) is 11.4 Å². The SMILES string of the molecule is Cc1cc(C)n(-c2ncc(F)cc2CN)n1. The number of aryl methyl sites for hydroxylation is 2. The van der Waals surface area contributed by atoms with Crippen LogP contribution in [0.4, 0.5) is 4.39 Å². The van der Waals surface area contributed by atoms with Crippen molar-refractivity contribution in [1.82, 2.24) is 14.8 Å². The summed E-state index contributed by atoms with van der Waals surface area (Å²) in [5, 5.41) is 4.29. The molecule has 0 saturated carbocycles. The first kappa shape index (κ1) is 10.8. The van der Waals surface area contributed by atoms with Crippen molar-refractivity contribution in [3.05, 3.63) is 41.1 Å². The number of rotatable bonds is 2. The maximum atomic E-state index is 13.0. The second-order valence-corrected chi connectivity index (χ2v) is 3.68. The van der Waals surface area contributed by atoms with Crippen molar-refractivity contribution in [3.63, 3.8) is 0 Å². The van der Waals surface area contributed by atoms with E-state index < -0.39 is 0 Å². The number of hydrogen-bond acceptors (Lipinski definition) is 3. The van der Waals surface area contributed by atoms with E-state index in [9.17, 15) is 4.39 Å². The average molecular weight is 220 g/mol. The predicted molar refractivity (Wildman–Crippen MR) is 58.7 cm³/mol. The minimum Gasteiger partial charge on any atom is -0.326 e. The summed E-state index contributed by atoms with van der Waals surface area (Å²) in [7, 11) is 0. The zero-order chi connectivity index (χ0) is 11.7. The zero-order valence-electron chi connectivity index (χ0n) is 9.24. The molecule has 0 spiro atoms. The maximum absolute atomic E-state index is 13.0. The molecule has 2 aromatic rings. The van der Waals surface area contributed by atoms with Crippen molar-refractivity contribution in [2.75, 3.05) is 0 Å². The molecule has 4 nitrogen and oxygen atoms in total. The van der Waals surface area contributed by atoms with Gasteiger partial charge in [-0.2, -0.15) is 5.10 Å². The van der Waals surface area contributed by atoms with Crippen LogP contribution in [0.1, 0.15) is 17.0 Å². The van der Waals surface area contributed by atoms with Gasteiger partial charge < -0.3 is 5.73 Å². The van der Waals surface area contributed by atoms with Crippen molar-refractivity contribution < 1.29 is 4.39 Å². The van der Waals surface area contributed by atoms with Gasteiger partial charge in [-0.05, 0) is 26.0 Å². The van der Waals surface area contributed by atoms with E-state index in [-0.39, 0.29) is 12.4 Å². The topological polar surface area (TPSA) is 56.7 Å². The summed E-state index contributed by atoms with van der Waals surface area (Å²) >= 11 is 0. The van der Waals surface area contributed by atoms with Crippen molar-refractivity contribution in [2.45, 2.75) is 20.4 Å². The Morgan fingerprint density at radius 1 is 1.38 bits per heavy atom. The number of pyridine rings is 1. The zero-order valence-corrected chi connectivity index (χ0v) is 9.24. The lowest BCUT2D eigenvalue weighted by Crippen LogP contribution is -2.09. The fourth-order valence-electron chi connectivity index (χ4n) is 1.66. The molecule has 0 aliphatic carbocycles. The van der Waals surface area contributed by atoms with E-state index in [2.05, 4.69) is 10.1 Å². The first-order valence-corrected chi connectivity index (χ1v) is 5.00. The monoisotopic (exact) mass is 220 g/mol. The van der Waals surface area contributed by atoms with Crippen LogP contribution in [0.3, 0.4) is 0 Å². The molecule has 0 aliphatic rings. The molecule has 0 radical (unpaired) electrons. The Bertz CT molecular complexity index is 519. The van der Waals surface area contributed by atoms with E-state index in [1.165, 1.54) is 12.3 Å². The fourth-order valence-corrected chi connectivity index (χ4v) is 1.66. The Morgan fingerprint density at radius 2 is 2.12 bits per heavy atom. The molecule has 0 amide bonds. The van der Waals surface area contributed by atoms with Gasteiger partial charge in [0.1, 0.15) is 5.82 Å². The van der Waals surface area contributed by atoms with Gasteiger partial charge in [-0.1, -0.05) is 0 Å². The Balaban J connectivity index is 2.59. The van der Waals surface area contributed by atoms with Crippen LogP contribution in [-0.2, 0) is 6.54 Å². The van der Waals surface area contributed by atoms with Gasteiger partial charge in [0.25, 0.3) is 0 Å². The van der Waals surface area contributed by atoms with Crippen LogP contribution in [0.15, 0.2) is 18.3 Å². The smallest absolute Gasteiger partial charge is 0.158 e. The van der Waals surface area contributed by atoms with Crippen LogP contribution in [0.25, 0.3) is 5.82 Å². The summed E-state index contributed by atoms with van der Waals surface area (Å²) in [6.07, 6.45) is 1.17. The molecule has 0 bridgehead atoms. The third-order valence-corrected chi connectivity index (χ3v) is 2.34. The molecule has 0 atom stereocenters. The molecule has 0 aromatic carbocycles. The highest BCUT2D eigenvalue weighted by molar-refractivity contribution is 5.35. The first-order chi connectivity index (χ1) is 7.61. The second-order valence-electron chi connectivity index (χ2n) is 3.68. The molecule has 0 aliphatic heterocycles. The minimum absolute atomic E-state index is 0.235. The highest BCUT2D eigenvalue weighted by Crippen LogP contribution is 2.15. The number of nitrogens with two attached hydrogens (primary N) is 1. The van der Waals surface area contributed by atoms with Gasteiger partial charge in [0.15, 0.2) is 5.82 Å². The number of nitrogens with zero attached hydrogens (tertiary/aromatic N) is 3. The lowest BCUT2D eigenvalue weighted by molar-refractivity contribution is 0.614. The lowest BCUT2D eigenvalue weighted by atomic mass is 10.2. The lowest BCUT2D eigenvalue weighted by Gasteiger charge is -2.08.